The first-order valence-corrected chi connectivity index (χ1v) is 7.03. The molecular formula is C15H14O2S. The summed E-state index contributed by atoms with van der Waals surface area (Å²) in [5, 5.41) is 0.411. The van der Waals surface area contributed by atoms with Crippen molar-refractivity contribution in [1.82, 2.24) is 0 Å². The maximum atomic E-state index is 11.9. The third-order valence-electron chi connectivity index (χ3n) is 3.19. The van der Waals surface area contributed by atoms with Crippen molar-refractivity contribution in [3.05, 3.63) is 60.1 Å². The molecule has 0 aliphatic carbocycles. The Morgan fingerprint density at radius 1 is 1.00 bits per heavy atom. The third kappa shape index (κ3) is 2.36. The highest BCUT2D eigenvalue weighted by molar-refractivity contribution is 7.99. The molecule has 3 rings (SSSR count). The van der Waals surface area contributed by atoms with Crippen LogP contribution >= 0.6 is 11.8 Å². The van der Waals surface area contributed by atoms with Gasteiger partial charge >= 0.3 is 0 Å². The van der Waals surface area contributed by atoms with Gasteiger partial charge in [0.05, 0.1) is 11.5 Å². The first-order chi connectivity index (χ1) is 8.83. The van der Waals surface area contributed by atoms with Crippen molar-refractivity contribution in [2.24, 2.45) is 0 Å². The summed E-state index contributed by atoms with van der Waals surface area (Å²) in [5.74, 6) is 1.23. The van der Waals surface area contributed by atoms with Crippen molar-refractivity contribution in [3.8, 4) is 0 Å². The van der Waals surface area contributed by atoms with Crippen LogP contribution < -0.4 is 0 Å². The molecule has 92 valence electrons. The second-order valence-corrected chi connectivity index (χ2v) is 5.90. The molecule has 1 aromatic carbocycles. The molecule has 0 spiro atoms. The van der Waals surface area contributed by atoms with Crippen LogP contribution in [0.5, 0.6) is 0 Å². The number of rotatable bonds is 2. The van der Waals surface area contributed by atoms with Gasteiger partial charge in [0.15, 0.2) is 0 Å². The van der Waals surface area contributed by atoms with Crippen molar-refractivity contribution in [1.29, 1.82) is 0 Å². The van der Waals surface area contributed by atoms with E-state index in [9.17, 15) is 4.79 Å². The van der Waals surface area contributed by atoms with Crippen LogP contribution in [-0.2, 0) is 4.79 Å². The zero-order valence-corrected chi connectivity index (χ0v) is 10.7. The number of thioether (sulfide) groups is 1. The summed E-state index contributed by atoms with van der Waals surface area (Å²) < 4.78 is 5.43. The molecule has 2 atom stereocenters. The molecule has 18 heavy (non-hydrogen) atoms. The average Bonchev–Trinajstić information content (AvgIpc) is 2.93. The molecule has 1 aliphatic heterocycles. The van der Waals surface area contributed by atoms with Crippen LogP contribution in [0.1, 0.15) is 34.7 Å². The first-order valence-electron chi connectivity index (χ1n) is 6.08. The van der Waals surface area contributed by atoms with Gasteiger partial charge in [-0.25, -0.2) is 0 Å². The van der Waals surface area contributed by atoms with Gasteiger partial charge in [-0.2, -0.15) is 0 Å². The van der Waals surface area contributed by atoms with Gasteiger partial charge in [0, 0.05) is 18.1 Å². The lowest BCUT2D eigenvalue weighted by molar-refractivity contribution is -0.119. The monoisotopic (exact) mass is 258 g/mol. The van der Waals surface area contributed by atoms with E-state index < -0.39 is 0 Å². The van der Waals surface area contributed by atoms with Gasteiger partial charge in [-0.15, -0.1) is 11.8 Å². The summed E-state index contributed by atoms with van der Waals surface area (Å²) >= 11 is 1.83. The van der Waals surface area contributed by atoms with E-state index in [-0.39, 0.29) is 10.5 Å². The third-order valence-corrected chi connectivity index (χ3v) is 4.68. The Kier molecular flexibility index (Phi) is 3.24. The zero-order valence-electron chi connectivity index (χ0n) is 9.91. The lowest BCUT2D eigenvalue weighted by atomic mass is 10.0. The van der Waals surface area contributed by atoms with Gasteiger partial charge in [0.25, 0.3) is 0 Å². The molecule has 1 aromatic heterocycles. The molecule has 2 unspecified atom stereocenters. The lowest BCUT2D eigenvalue weighted by Crippen LogP contribution is -2.15. The van der Waals surface area contributed by atoms with Crippen molar-refractivity contribution in [3.63, 3.8) is 0 Å². The van der Waals surface area contributed by atoms with Gasteiger partial charge < -0.3 is 4.42 Å². The van der Waals surface area contributed by atoms with Crippen LogP contribution in [0.25, 0.3) is 0 Å². The Balaban J connectivity index is 1.83. The van der Waals surface area contributed by atoms with Crippen LogP contribution in [0.3, 0.4) is 0 Å². The fourth-order valence-corrected chi connectivity index (χ4v) is 3.84. The highest BCUT2D eigenvalue weighted by atomic mass is 32.2. The van der Waals surface area contributed by atoms with Crippen LogP contribution in [-0.4, -0.2) is 5.78 Å². The topological polar surface area (TPSA) is 30.2 Å². The summed E-state index contributed by atoms with van der Waals surface area (Å²) in [6.45, 7) is 0. The minimum atomic E-state index is 0.159. The van der Waals surface area contributed by atoms with E-state index in [1.165, 1.54) is 5.56 Å². The van der Waals surface area contributed by atoms with Gasteiger partial charge in [0.2, 0.25) is 0 Å². The number of hydrogen-bond acceptors (Lipinski definition) is 3. The SMILES string of the molecule is O=C1CC(c2ccccc2)SC(c2ccco2)C1. The van der Waals surface area contributed by atoms with E-state index in [0.717, 1.165) is 5.76 Å². The Morgan fingerprint density at radius 3 is 2.50 bits per heavy atom. The number of carbonyl (C=O) groups excluding carboxylic acids is 1. The number of furan rings is 1. The van der Waals surface area contributed by atoms with Crippen LogP contribution in [0.15, 0.2) is 53.1 Å². The van der Waals surface area contributed by atoms with E-state index in [1.807, 2.05) is 42.1 Å². The second kappa shape index (κ2) is 5.02. The van der Waals surface area contributed by atoms with Crippen LogP contribution in [0.2, 0.25) is 0 Å². The minimum absolute atomic E-state index is 0.159. The van der Waals surface area contributed by atoms with E-state index >= 15 is 0 Å². The number of carbonyl (C=O) groups is 1. The number of Topliss-reactive ketones (excluding diaryl/α,β-unsaturated/α-hetero) is 1. The van der Waals surface area contributed by atoms with Crippen molar-refractivity contribution < 1.29 is 9.21 Å². The van der Waals surface area contributed by atoms with Crippen LogP contribution in [0, 0.1) is 0 Å². The molecule has 0 saturated carbocycles. The Labute approximate surface area is 110 Å². The normalized spacial score (nSPS) is 24.1. The minimum Gasteiger partial charge on any atom is -0.468 e. The van der Waals surface area contributed by atoms with Crippen molar-refractivity contribution in [2.75, 3.05) is 0 Å². The summed E-state index contributed by atoms with van der Waals surface area (Å²) in [7, 11) is 0. The lowest BCUT2D eigenvalue weighted by Gasteiger charge is -2.27. The van der Waals surface area contributed by atoms with E-state index in [0.29, 0.717) is 18.6 Å². The molecule has 0 amide bonds. The van der Waals surface area contributed by atoms with Crippen molar-refractivity contribution >= 4 is 17.5 Å². The molecule has 1 saturated heterocycles. The first kappa shape index (κ1) is 11.6. The summed E-state index contributed by atoms with van der Waals surface area (Å²) in [6.07, 6.45) is 2.89. The molecule has 1 aliphatic rings. The van der Waals surface area contributed by atoms with E-state index in [2.05, 4.69) is 12.1 Å². The summed E-state index contributed by atoms with van der Waals surface area (Å²) in [4.78, 5) is 11.9. The smallest absolute Gasteiger partial charge is 0.135 e. The molecule has 1 fully saturated rings. The Hall–Kier alpha value is -1.48. The maximum Gasteiger partial charge on any atom is 0.135 e. The average molecular weight is 258 g/mol. The van der Waals surface area contributed by atoms with Crippen LogP contribution in [0.4, 0.5) is 0 Å². The molecule has 0 bridgehead atoms. The fraction of sp³-hybridized carbons (Fsp3) is 0.267. The summed E-state index contributed by atoms with van der Waals surface area (Å²) in [5.41, 5.74) is 1.23. The quantitative estimate of drug-likeness (QED) is 0.810. The second-order valence-electron chi connectivity index (χ2n) is 4.49. The predicted octanol–water partition coefficient (Wildman–Crippen LogP) is 4.16. The highest BCUT2D eigenvalue weighted by Gasteiger charge is 2.31. The molecule has 3 heteroatoms. The standard InChI is InChI=1S/C15H14O2S/c16-12-9-14(11-5-2-1-3-6-11)18-15(10-12)13-7-4-8-17-13/h1-8,14-15H,9-10H2. The molecule has 2 nitrogen and oxygen atoms in total. The van der Waals surface area contributed by atoms with Gasteiger partial charge in [0.1, 0.15) is 11.5 Å². The number of hydrogen-bond donors (Lipinski definition) is 0. The Bertz CT molecular complexity index is 519. The van der Waals surface area contributed by atoms with Gasteiger partial charge in [-0.05, 0) is 17.7 Å². The Morgan fingerprint density at radius 2 is 1.78 bits per heavy atom. The summed E-state index contributed by atoms with van der Waals surface area (Å²) in [6, 6.07) is 14.1. The molecular weight excluding hydrogens is 244 g/mol. The molecule has 0 N–H and O–H groups in total. The maximum absolute atomic E-state index is 11.9. The molecule has 2 aromatic rings. The predicted molar refractivity (Wildman–Crippen MR) is 72.5 cm³/mol. The van der Waals surface area contributed by atoms with Gasteiger partial charge in [-0.1, -0.05) is 30.3 Å². The zero-order chi connectivity index (χ0) is 12.4. The highest BCUT2D eigenvalue weighted by Crippen LogP contribution is 2.48. The number of ketones is 1. The molecule has 2 heterocycles. The van der Waals surface area contributed by atoms with Gasteiger partial charge in [-0.3, -0.25) is 4.79 Å². The van der Waals surface area contributed by atoms with Crippen molar-refractivity contribution in [2.45, 2.75) is 23.3 Å². The number of benzene rings is 1. The van der Waals surface area contributed by atoms with E-state index in [4.69, 9.17) is 4.42 Å². The molecule has 0 radical (unpaired) electrons. The largest absolute Gasteiger partial charge is 0.468 e. The fourth-order valence-electron chi connectivity index (χ4n) is 2.30. The van der Waals surface area contributed by atoms with E-state index in [1.54, 1.807) is 6.26 Å².